The van der Waals surface area contributed by atoms with E-state index in [4.69, 9.17) is 9.37 Å². The molecule has 2 aromatic carbocycles. The van der Waals surface area contributed by atoms with Crippen molar-refractivity contribution in [2.45, 2.75) is 19.8 Å². The van der Waals surface area contributed by atoms with Crippen molar-refractivity contribution in [2.24, 2.45) is 11.3 Å². The maximum Gasteiger partial charge on any atom is 0.412 e. The predicted molar refractivity (Wildman–Crippen MR) is 124 cm³/mol. The van der Waals surface area contributed by atoms with Crippen molar-refractivity contribution in [1.82, 2.24) is 15.2 Å². The van der Waals surface area contributed by atoms with Gasteiger partial charge in [0.05, 0.1) is 5.92 Å². The summed E-state index contributed by atoms with van der Waals surface area (Å²) in [6, 6.07) is 16.0. The minimum Gasteiger partial charge on any atom is -0.481 e. The van der Waals surface area contributed by atoms with Gasteiger partial charge in [-0.25, -0.2) is 9.42 Å². The fraction of sp³-hybridized carbons (Fsp3) is 0.320. The Bertz CT molecular complexity index is 1270. The van der Waals surface area contributed by atoms with E-state index in [9.17, 15) is 19.5 Å². The summed E-state index contributed by atoms with van der Waals surface area (Å²) < 4.78 is 10.2. The van der Waals surface area contributed by atoms with E-state index >= 15 is 0 Å². The number of fused-ring (bicyclic) bond motifs is 3. The number of likely N-dealkylation sites (tertiary alicyclic amines) is 1. The van der Waals surface area contributed by atoms with E-state index in [0.717, 1.165) is 22.3 Å². The van der Waals surface area contributed by atoms with Crippen LogP contribution in [0.5, 0.6) is 0 Å². The van der Waals surface area contributed by atoms with Gasteiger partial charge in [-0.1, -0.05) is 62.4 Å². The molecule has 2 heterocycles. The van der Waals surface area contributed by atoms with Crippen LogP contribution in [0.2, 0.25) is 0 Å². The number of nitrogens with one attached hydrogen (secondary N) is 1. The topological polar surface area (TPSA) is 135 Å². The van der Waals surface area contributed by atoms with Crippen molar-refractivity contribution in [3.8, 4) is 11.1 Å². The van der Waals surface area contributed by atoms with Crippen LogP contribution in [-0.4, -0.2) is 58.0 Å². The fourth-order valence-corrected chi connectivity index (χ4v) is 4.99. The molecule has 0 saturated carbocycles. The number of anilines is 1. The molecule has 0 bridgehead atoms. The molecule has 3 aromatic rings. The number of rotatable bonds is 5. The van der Waals surface area contributed by atoms with Gasteiger partial charge in [-0.3, -0.25) is 14.9 Å². The summed E-state index contributed by atoms with van der Waals surface area (Å²) in [5.74, 6) is -2.56. The number of hydrogen-bond donors (Lipinski definition) is 2. The van der Waals surface area contributed by atoms with Crippen LogP contribution in [0.15, 0.2) is 53.2 Å². The third-order valence-corrected chi connectivity index (χ3v) is 6.79. The second-order valence-corrected chi connectivity index (χ2v) is 9.48. The lowest BCUT2D eigenvalue weighted by molar-refractivity contribution is -0.143. The maximum atomic E-state index is 13.0. The third kappa shape index (κ3) is 4.01. The maximum absolute atomic E-state index is 13.0. The molecule has 35 heavy (non-hydrogen) atoms. The molecule has 180 valence electrons. The molecule has 1 aliphatic heterocycles. The van der Waals surface area contributed by atoms with Crippen LogP contribution in [0, 0.1) is 11.3 Å². The zero-order valence-electron chi connectivity index (χ0n) is 19.2. The largest absolute Gasteiger partial charge is 0.481 e. The van der Waals surface area contributed by atoms with E-state index in [2.05, 4.69) is 15.6 Å². The first-order valence-electron chi connectivity index (χ1n) is 11.2. The first-order valence-corrected chi connectivity index (χ1v) is 11.2. The second kappa shape index (κ2) is 8.53. The average Bonchev–Trinajstić information content (AvgIpc) is 3.51. The highest BCUT2D eigenvalue weighted by atomic mass is 16.6. The SMILES string of the molecule is CC1(C)CN(C(=O)c2nonc2NC(=O)OCC2c3ccccc3-c3ccccc32)CC1C(=O)O. The highest BCUT2D eigenvalue weighted by molar-refractivity contribution is 6.00. The minimum absolute atomic E-state index is 0.0262. The molecule has 0 spiro atoms. The highest BCUT2D eigenvalue weighted by Gasteiger charge is 2.46. The van der Waals surface area contributed by atoms with Gasteiger partial charge in [0.2, 0.25) is 11.5 Å². The number of hydrogen-bond acceptors (Lipinski definition) is 7. The van der Waals surface area contributed by atoms with Gasteiger partial charge in [0.1, 0.15) is 6.61 Å². The summed E-state index contributed by atoms with van der Waals surface area (Å²) in [5, 5.41) is 19.2. The van der Waals surface area contributed by atoms with Gasteiger partial charge in [0.15, 0.2) is 0 Å². The molecular formula is C25H24N4O6. The number of ether oxygens (including phenoxy) is 1. The molecule has 1 unspecified atom stereocenters. The molecule has 2 N–H and O–H groups in total. The number of benzene rings is 2. The van der Waals surface area contributed by atoms with Crippen LogP contribution < -0.4 is 5.32 Å². The lowest BCUT2D eigenvalue weighted by Crippen LogP contribution is -2.31. The molecule has 1 aromatic heterocycles. The summed E-state index contributed by atoms with van der Waals surface area (Å²) in [6.07, 6.45) is -0.804. The van der Waals surface area contributed by atoms with E-state index in [1.165, 1.54) is 4.90 Å². The van der Waals surface area contributed by atoms with Crippen LogP contribution >= 0.6 is 0 Å². The van der Waals surface area contributed by atoms with Gasteiger partial charge in [-0.05, 0) is 38.0 Å². The number of carboxylic acids is 1. The summed E-state index contributed by atoms with van der Waals surface area (Å²) in [7, 11) is 0. The van der Waals surface area contributed by atoms with Gasteiger partial charge in [0, 0.05) is 19.0 Å². The zero-order chi connectivity index (χ0) is 24.7. The first kappa shape index (κ1) is 22.6. The Morgan fingerprint density at radius 2 is 1.71 bits per heavy atom. The van der Waals surface area contributed by atoms with Crippen molar-refractivity contribution >= 4 is 23.8 Å². The van der Waals surface area contributed by atoms with Crippen LogP contribution in [-0.2, 0) is 9.53 Å². The zero-order valence-corrected chi connectivity index (χ0v) is 19.2. The van der Waals surface area contributed by atoms with Crippen molar-refractivity contribution in [3.63, 3.8) is 0 Å². The Morgan fingerprint density at radius 3 is 2.31 bits per heavy atom. The van der Waals surface area contributed by atoms with Gasteiger partial charge in [0.25, 0.3) is 5.91 Å². The second-order valence-electron chi connectivity index (χ2n) is 9.48. The lowest BCUT2D eigenvalue weighted by Gasteiger charge is -2.21. The van der Waals surface area contributed by atoms with Crippen LogP contribution in [0.1, 0.15) is 41.4 Å². The third-order valence-electron chi connectivity index (χ3n) is 6.79. The molecule has 2 aliphatic rings. The molecule has 2 amide bonds. The number of nitrogens with zero attached hydrogens (tertiary/aromatic N) is 3. The van der Waals surface area contributed by atoms with Gasteiger partial charge < -0.3 is 14.7 Å². The van der Waals surface area contributed by atoms with Crippen molar-refractivity contribution in [3.05, 3.63) is 65.4 Å². The Balaban J connectivity index is 1.26. The van der Waals surface area contributed by atoms with Crippen LogP contribution in [0.4, 0.5) is 10.6 Å². The standard InChI is InChI=1S/C25H24N4O6/c1-25(2)13-29(11-19(25)23(31)32)22(30)20-21(28-35-27-20)26-24(33)34-12-18-16-9-5-3-7-14(16)15-8-4-6-10-17(15)18/h3-10,18-19H,11-13H2,1-2H3,(H,31,32)(H,26,28,33). The van der Waals surface area contributed by atoms with Gasteiger partial charge >= 0.3 is 12.1 Å². The molecule has 1 fully saturated rings. The molecule has 1 atom stereocenters. The Kier molecular flexibility index (Phi) is 5.50. The number of carbonyl (C=O) groups excluding carboxylic acids is 2. The quantitative estimate of drug-likeness (QED) is 0.570. The van der Waals surface area contributed by atoms with E-state index < -0.39 is 29.3 Å². The summed E-state index contributed by atoms with van der Waals surface area (Å²) >= 11 is 0. The summed E-state index contributed by atoms with van der Waals surface area (Å²) in [6.45, 7) is 3.92. The van der Waals surface area contributed by atoms with E-state index in [-0.39, 0.29) is 37.1 Å². The normalized spacial score (nSPS) is 18.1. The highest BCUT2D eigenvalue weighted by Crippen LogP contribution is 2.44. The molecule has 10 heteroatoms. The molecule has 1 saturated heterocycles. The van der Waals surface area contributed by atoms with E-state index in [1.807, 2.05) is 48.5 Å². The average molecular weight is 476 g/mol. The summed E-state index contributed by atoms with van der Waals surface area (Å²) in [5.41, 5.74) is 3.55. The fourth-order valence-electron chi connectivity index (χ4n) is 4.99. The summed E-state index contributed by atoms with van der Waals surface area (Å²) in [4.78, 5) is 38.5. The minimum atomic E-state index is -0.972. The van der Waals surface area contributed by atoms with Crippen molar-refractivity contribution in [2.75, 3.05) is 25.0 Å². The number of aliphatic carboxylic acids is 1. The van der Waals surface area contributed by atoms with Gasteiger partial charge in [-0.2, -0.15) is 0 Å². The molecule has 10 nitrogen and oxygen atoms in total. The molecule has 0 radical (unpaired) electrons. The van der Waals surface area contributed by atoms with E-state index in [0.29, 0.717) is 0 Å². The smallest absolute Gasteiger partial charge is 0.412 e. The monoisotopic (exact) mass is 476 g/mol. The lowest BCUT2D eigenvalue weighted by atomic mass is 9.82. The number of amides is 2. The van der Waals surface area contributed by atoms with Crippen LogP contribution in [0.25, 0.3) is 11.1 Å². The predicted octanol–water partition coefficient (Wildman–Crippen LogP) is 3.61. The van der Waals surface area contributed by atoms with E-state index in [1.54, 1.807) is 13.8 Å². The number of carbonyl (C=O) groups is 3. The Hall–Kier alpha value is -4.21. The van der Waals surface area contributed by atoms with Crippen molar-refractivity contribution in [1.29, 1.82) is 0 Å². The Labute approximate surface area is 200 Å². The Morgan fingerprint density at radius 1 is 1.09 bits per heavy atom. The van der Waals surface area contributed by atoms with Crippen molar-refractivity contribution < 1.29 is 28.9 Å². The first-order chi connectivity index (χ1) is 16.8. The van der Waals surface area contributed by atoms with Crippen LogP contribution in [0.3, 0.4) is 0 Å². The molecule has 1 aliphatic carbocycles. The number of aromatic nitrogens is 2. The molecular weight excluding hydrogens is 452 g/mol. The molecule has 5 rings (SSSR count). The van der Waals surface area contributed by atoms with Gasteiger partial charge in [-0.15, -0.1) is 0 Å². The number of carboxylic acid groups (broad SMARTS) is 1.